The quantitative estimate of drug-likeness (QED) is 0.850. The molecule has 2 aliphatic heterocycles. The molecule has 1 aromatic carbocycles. The minimum absolute atomic E-state index is 0.0277. The predicted octanol–water partition coefficient (Wildman–Crippen LogP) is 1.91. The molecule has 0 aliphatic carbocycles. The van der Waals surface area contributed by atoms with Crippen LogP contribution < -0.4 is 0 Å². The van der Waals surface area contributed by atoms with Crippen molar-refractivity contribution in [3.8, 4) is 0 Å². The van der Waals surface area contributed by atoms with Crippen molar-refractivity contribution in [2.45, 2.75) is 31.0 Å². The third kappa shape index (κ3) is 3.03. The molecule has 0 saturated carbocycles. The third-order valence-corrected chi connectivity index (χ3v) is 6.23. The lowest BCUT2D eigenvalue weighted by molar-refractivity contribution is -0.0940. The van der Waals surface area contributed by atoms with Gasteiger partial charge in [-0.2, -0.15) is 4.31 Å². The average molecular weight is 329 g/mol. The van der Waals surface area contributed by atoms with E-state index in [2.05, 4.69) is 0 Å². The zero-order chi connectivity index (χ0) is 15.7. The van der Waals surface area contributed by atoms with Gasteiger partial charge in [-0.3, -0.25) is 0 Å². The van der Waals surface area contributed by atoms with E-state index in [-0.39, 0.29) is 17.1 Å². The lowest BCUT2D eigenvalue weighted by Gasteiger charge is -2.34. The lowest BCUT2D eigenvalue weighted by Crippen LogP contribution is -2.43. The highest BCUT2D eigenvalue weighted by Crippen LogP contribution is 2.29. The monoisotopic (exact) mass is 329 g/mol. The number of aryl methyl sites for hydroxylation is 1. The Hall–Kier alpha value is -1.02. The Morgan fingerprint density at radius 3 is 2.73 bits per heavy atom. The third-order valence-electron chi connectivity index (χ3n) is 4.22. The van der Waals surface area contributed by atoms with E-state index >= 15 is 0 Å². The van der Waals surface area contributed by atoms with Crippen molar-refractivity contribution in [3.63, 3.8) is 0 Å². The minimum Gasteiger partial charge on any atom is -0.350 e. The first-order chi connectivity index (χ1) is 10.5. The van der Waals surface area contributed by atoms with Crippen LogP contribution >= 0.6 is 0 Å². The second kappa shape index (κ2) is 6.23. The zero-order valence-corrected chi connectivity index (χ0v) is 13.3. The molecule has 3 rings (SSSR count). The number of hydrogen-bond donors (Lipinski definition) is 0. The second-order valence-electron chi connectivity index (χ2n) is 5.79. The van der Waals surface area contributed by atoms with E-state index in [9.17, 15) is 12.8 Å². The van der Waals surface area contributed by atoms with Gasteiger partial charge < -0.3 is 9.47 Å². The van der Waals surface area contributed by atoms with Crippen LogP contribution in [0.3, 0.4) is 0 Å². The van der Waals surface area contributed by atoms with Gasteiger partial charge in [-0.25, -0.2) is 12.8 Å². The van der Waals surface area contributed by atoms with E-state index in [0.29, 0.717) is 31.9 Å². The Morgan fingerprint density at radius 2 is 2.00 bits per heavy atom. The number of nitrogens with zero attached hydrogens (tertiary/aromatic N) is 1. The first-order valence-corrected chi connectivity index (χ1v) is 8.92. The molecule has 2 heterocycles. The van der Waals surface area contributed by atoms with Gasteiger partial charge in [0, 0.05) is 19.0 Å². The molecule has 1 unspecified atom stereocenters. The van der Waals surface area contributed by atoms with Crippen LogP contribution in [-0.4, -0.2) is 45.3 Å². The van der Waals surface area contributed by atoms with Crippen LogP contribution in [0.4, 0.5) is 4.39 Å². The fourth-order valence-electron chi connectivity index (χ4n) is 3.05. The van der Waals surface area contributed by atoms with Crippen molar-refractivity contribution in [3.05, 3.63) is 29.6 Å². The molecule has 22 heavy (non-hydrogen) atoms. The molecule has 7 heteroatoms. The number of hydrogen-bond acceptors (Lipinski definition) is 4. The molecule has 2 fully saturated rings. The largest absolute Gasteiger partial charge is 0.350 e. The summed E-state index contributed by atoms with van der Waals surface area (Å²) >= 11 is 0. The van der Waals surface area contributed by atoms with Crippen molar-refractivity contribution < 1.29 is 22.3 Å². The summed E-state index contributed by atoms with van der Waals surface area (Å²) in [6.45, 7) is 3.58. The van der Waals surface area contributed by atoms with Gasteiger partial charge in [-0.05, 0) is 37.5 Å². The Bertz CT molecular complexity index is 643. The van der Waals surface area contributed by atoms with Crippen LogP contribution in [0, 0.1) is 18.7 Å². The number of halogens is 1. The van der Waals surface area contributed by atoms with Crippen molar-refractivity contribution >= 4 is 10.0 Å². The van der Waals surface area contributed by atoms with Gasteiger partial charge in [-0.15, -0.1) is 0 Å². The van der Waals surface area contributed by atoms with E-state index in [4.69, 9.17) is 9.47 Å². The summed E-state index contributed by atoms with van der Waals surface area (Å²) in [4.78, 5) is 0.0430. The van der Waals surface area contributed by atoms with E-state index in [1.807, 2.05) is 0 Å². The Labute approximate surface area is 130 Å². The van der Waals surface area contributed by atoms with Crippen LogP contribution in [0.2, 0.25) is 0 Å². The average Bonchev–Trinajstić information content (AvgIpc) is 3.04. The van der Waals surface area contributed by atoms with Gasteiger partial charge in [0.2, 0.25) is 10.0 Å². The summed E-state index contributed by atoms with van der Waals surface area (Å²) < 4.78 is 51.5. The Balaban J connectivity index is 1.83. The molecule has 1 aromatic rings. The van der Waals surface area contributed by atoms with Crippen molar-refractivity contribution in [2.24, 2.45) is 5.92 Å². The molecule has 0 radical (unpaired) electrons. The molecule has 0 spiro atoms. The summed E-state index contributed by atoms with van der Waals surface area (Å²) in [6, 6.07) is 3.86. The van der Waals surface area contributed by atoms with E-state index < -0.39 is 15.8 Å². The van der Waals surface area contributed by atoms with Gasteiger partial charge in [0.25, 0.3) is 0 Å². The molecule has 122 valence electrons. The minimum atomic E-state index is -3.70. The molecule has 2 aliphatic rings. The maximum Gasteiger partial charge on any atom is 0.243 e. The molecular weight excluding hydrogens is 309 g/mol. The molecule has 0 N–H and O–H groups in total. The zero-order valence-electron chi connectivity index (χ0n) is 12.5. The lowest BCUT2D eigenvalue weighted by atomic mass is 9.99. The number of rotatable bonds is 3. The van der Waals surface area contributed by atoms with Gasteiger partial charge in [-0.1, -0.05) is 6.07 Å². The normalized spacial score (nSPS) is 24.7. The van der Waals surface area contributed by atoms with Crippen molar-refractivity contribution in [1.82, 2.24) is 4.31 Å². The molecule has 2 saturated heterocycles. The van der Waals surface area contributed by atoms with E-state index in [1.54, 1.807) is 6.92 Å². The summed E-state index contributed by atoms with van der Waals surface area (Å²) in [5.74, 6) is -0.514. The molecule has 0 bridgehead atoms. The maximum atomic E-state index is 13.4. The number of sulfonamides is 1. The highest BCUT2D eigenvalue weighted by Gasteiger charge is 2.36. The summed E-state index contributed by atoms with van der Waals surface area (Å²) in [6.07, 6.45) is 1.30. The molecule has 1 atom stereocenters. The second-order valence-corrected chi connectivity index (χ2v) is 7.69. The standard InChI is InChI=1S/C15H20FNO4S/c1-11-4-5-13(16)9-14(11)22(18,19)17-6-2-3-12(10-17)15-20-7-8-21-15/h4-5,9,12,15H,2-3,6-8,10H2,1H3. The predicted molar refractivity (Wildman–Crippen MR) is 78.3 cm³/mol. The maximum absolute atomic E-state index is 13.4. The number of ether oxygens (including phenoxy) is 2. The molecule has 0 aromatic heterocycles. The van der Waals surface area contributed by atoms with Crippen LogP contribution in [0.25, 0.3) is 0 Å². The highest BCUT2D eigenvalue weighted by molar-refractivity contribution is 7.89. The molecule has 5 nitrogen and oxygen atoms in total. The van der Waals surface area contributed by atoms with Gasteiger partial charge in [0.05, 0.1) is 18.1 Å². The van der Waals surface area contributed by atoms with Gasteiger partial charge in [0.15, 0.2) is 6.29 Å². The van der Waals surface area contributed by atoms with E-state index in [1.165, 1.54) is 16.4 Å². The Morgan fingerprint density at radius 1 is 1.27 bits per heavy atom. The van der Waals surface area contributed by atoms with Crippen LogP contribution in [0.15, 0.2) is 23.1 Å². The van der Waals surface area contributed by atoms with Gasteiger partial charge in [0.1, 0.15) is 5.82 Å². The van der Waals surface area contributed by atoms with E-state index in [0.717, 1.165) is 18.9 Å². The van der Waals surface area contributed by atoms with Gasteiger partial charge >= 0.3 is 0 Å². The summed E-state index contributed by atoms with van der Waals surface area (Å²) in [5, 5.41) is 0. The first kappa shape index (κ1) is 15.9. The SMILES string of the molecule is Cc1ccc(F)cc1S(=O)(=O)N1CCCC(C2OCCO2)C1. The van der Waals surface area contributed by atoms with Crippen molar-refractivity contribution in [1.29, 1.82) is 0 Å². The van der Waals surface area contributed by atoms with Crippen LogP contribution in [0.5, 0.6) is 0 Å². The Kier molecular flexibility index (Phi) is 4.49. The molecular formula is C15H20FNO4S. The fraction of sp³-hybridized carbons (Fsp3) is 0.600. The smallest absolute Gasteiger partial charge is 0.243 e. The van der Waals surface area contributed by atoms with Crippen molar-refractivity contribution in [2.75, 3.05) is 26.3 Å². The summed E-state index contributed by atoms with van der Waals surface area (Å²) in [5.41, 5.74) is 0.553. The number of benzene rings is 1. The molecule has 0 amide bonds. The number of piperidine rings is 1. The summed E-state index contributed by atoms with van der Waals surface area (Å²) in [7, 11) is -3.70. The topological polar surface area (TPSA) is 55.8 Å². The fourth-order valence-corrected chi connectivity index (χ4v) is 4.83. The highest BCUT2D eigenvalue weighted by atomic mass is 32.2. The van der Waals surface area contributed by atoms with Crippen LogP contribution in [0.1, 0.15) is 18.4 Å². The first-order valence-electron chi connectivity index (χ1n) is 7.48. The van der Waals surface area contributed by atoms with Crippen LogP contribution in [-0.2, 0) is 19.5 Å².